The monoisotopic (exact) mass is 340 g/mol. The molecule has 0 atom stereocenters. The number of hydrogen-bond acceptors (Lipinski definition) is 4. The fourth-order valence-electron chi connectivity index (χ4n) is 2.57. The Morgan fingerprint density at radius 3 is 2.22 bits per heavy atom. The Balaban J connectivity index is 2.02. The number of benzene rings is 1. The second-order valence-corrected chi connectivity index (χ2v) is 7.38. The van der Waals surface area contributed by atoms with Crippen molar-refractivity contribution >= 4 is 15.9 Å². The van der Waals surface area contributed by atoms with Crippen LogP contribution in [0.25, 0.3) is 0 Å². The van der Waals surface area contributed by atoms with E-state index >= 15 is 0 Å². The summed E-state index contributed by atoms with van der Waals surface area (Å²) in [4.78, 5) is 13.9. The van der Waals surface area contributed by atoms with Gasteiger partial charge in [0.1, 0.15) is 5.75 Å². The van der Waals surface area contributed by atoms with Crippen molar-refractivity contribution in [2.24, 2.45) is 0 Å². The van der Waals surface area contributed by atoms with Crippen LogP contribution in [0.2, 0.25) is 0 Å². The molecule has 1 aliphatic rings. The van der Waals surface area contributed by atoms with E-state index in [1.165, 1.54) is 4.31 Å². The molecule has 1 fully saturated rings. The van der Waals surface area contributed by atoms with Gasteiger partial charge in [0.05, 0.1) is 11.5 Å². The molecule has 0 saturated carbocycles. The minimum atomic E-state index is -3.52. The van der Waals surface area contributed by atoms with Gasteiger partial charge in [0, 0.05) is 32.6 Å². The Morgan fingerprint density at radius 1 is 1.09 bits per heavy atom. The summed E-state index contributed by atoms with van der Waals surface area (Å²) in [6.45, 7) is 5.97. The molecule has 0 unspecified atom stereocenters. The fraction of sp³-hybridized carbons (Fsp3) is 0.562. The van der Waals surface area contributed by atoms with Gasteiger partial charge in [-0.2, -0.15) is 4.31 Å². The van der Waals surface area contributed by atoms with Crippen LogP contribution in [0.3, 0.4) is 0 Å². The van der Waals surface area contributed by atoms with Crippen LogP contribution in [-0.4, -0.2) is 56.3 Å². The molecule has 1 aliphatic heterocycles. The predicted molar refractivity (Wildman–Crippen MR) is 87.9 cm³/mol. The minimum Gasteiger partial charge on any atom is -0.494 e. The van der Waals surface area contributed by atoms with Crippen molar-refractivity contribution in [3.05, 3.63) is 24.3 Å². The zero-order chi connectivity index (χ0) is 16.9. The van der Waals surface area contributed by atoms with Crippen molar-refractivity contribution < 1.29 is 17.9 Å². The summed E-state index contributed by atoms with van der Waals surface area (Å²) in [5, 5.41) is 0. The molecule has 7 heteroatoms. The van der Waals surface area contributed by atoms with E-state index < -0.39 is 10.0 Å². The summed E-state index contributed by atoms with van der Waals surface area (Å²) in [5.74, 6) is 0.757. The molecule has 0 bridgehead atoms. The van der Waals surface area contributed by atoms with E-state index in [2.05, 4.69) is 0 Å². The number of ether oxygens (including phenoxy) is 1. The normalized spacial score (nSPS) is 16.3. The smallest absolute Gasteiger partial charge is 0.243 e. The largest absolute Gasteiger partial charge is 0.494 e. The van der Waals surface area contributed by atoms with Crippen LogP contribution in [0, 0.1) is 0 Å². The lowest BCUT2D eigenvalue weighted by atomic mass is 10.2. The maximum atomic E-state index is 12.6. The fourth-order valence-corrected chi connectivity index (χ4v) is 4.00. The quantitative estimate of drug-likeness (QED) is 0.791. The Morgan fingerprint density at radius 2 is 1.70 bits per heavy atom. The number of hydrogen-bond donors (Lipinski definition) is 0. The molecule has 1 aromatic rings. The molecule has 0 radical (unpaired) electrons. The molecule has 0 spiro atoms. The van der Waals surface area contributed by atoms with Gasteiger partial charge in [-0.3, -0.25) is 4.79 Å². The van der Waals surface area contributed by atoms with Gasteiger partial charge >= 0.3 is 0 Å². The topological polar surface area (TPSA) is 66.9 Å². The molecule has 2 rings (SSSR count). The van der Waals surface area contributed by atoms with Crippen LogP contribution in [0.15, 0.2) is 29.2 Å². The highest BCUT2D eigenvalue weighted by molar-refractivity contribution is 7.89. The number of piperazine rings is 1. The Kier molecular flexibility index (Phi) is 6.01. The number of carbonyl (C=O) groups excluding carboxylic acids is 1. The summed E-state index contributed by atoms with van der Waals surface area (Å²) < 4.78 is 32.1. The first-order chi connectivity index (χ1) is 11.0. The first-order valence-corrected chi connectivity index (χ1v) is 9.43. The second-order valence-electron chi connectivity index (χ2n) is 5.44. The summed E-state index contributed by atoms with van der Waals surface area (Å²) in [7, 11) is -3.52. The third kappa shape index (κ3) is 4.23. The van der Waals surface area contributed by atoms with E-state index in [9.17, 15) is 13.2 Å². The third-order valence-corrected chi connectivity index (χ3v) is 5.74. The zero-order valence-electron chi connectivity index (χ0n) is 13.7. The van der Waals surface area contributed by atoms with Crippen LogP contribution in [0.1, 0.15) is 26.7 Å². The van der Waals surface area contributed by atoms with Crippen LogP contribution < -0.4 is 4.74 Å². The van der Waals surface area contributed by atoms with Crippen molar-refractivity contribution in [3.8, 4) is 5.75 Å². The number of rotatable bonds is 6. The number of carbonyl (C=O) groups is 1. The predicted octanol–water partition coefficient (Wildman–Crippen LogP) is 1.72. The highest BCUT2D eigenvalue weighted by atomic mass is 32.2. The van der Waals surface area contributed by atoms with E-state index in [0.29, 0.717) is 45.0 Å². The first-order valence-electron chi connectivity index (χ1n) is 7.99. The van der Waals surface area contributed by atoms with E-state index in [1.54, 1.807) is 29.2 Å². The lowest BCUT2D eigenvalue weighted by Gasteiger charge is -2.34. The van der Waals surface area contributed by atoms with Gasteiger partial charge in [0.25, 0.3) is 0 Å². The Bertz CT molecular complexity index is 620. The molecule has 6 nitrogen and oxygen atoms in total. The summed E-state index contributed by atoms with van der Waals surface area (Å²) in [6.07, 6.45) is 1.33. The molecule has 1 amide bonds. The molecule has 1 heterocycles. The van der Waals surface area contributed by atoms with Gasteiger partial charge in [0.2, 0.25) is 15.9 Å². The highest BCUT2D eigenvalue weighted by Crippen LogP contribution is 2.21. The summed E-state index contributed by atoms with van der Waals surface area (Å²) in [5.41, 5.74) is 0. The SMILES string of the molecule is CCCC(=O)N1CCN(S(=O)(=O)c2ccc(OCC)cc2)CC1. The standard InChI is InChI=1S/C16H24N2O4S/c1-3-5-16(19)17-10-12-18(13-11-17)23(20,21)15-8-6-14(7-9-15)22-4-2/h6-9H,3-5,10-13H2,1-2H3. The average Bonchev–Trinajstić information content (AvgIpc) is 2.56. The Labute approximate surface area is 138 Å². The van der Waals surface area contributed by atoms with E-state index in [4.69, 9.17) is 4.74 Å². The van der Waals surface area contributed by atoms with E-state index in [0.717, 1.165) is 6.42 Å². The molecule has 23 heavy (non-hydrogen) atoms. The first kappa shape index (κ1) is 17.7. The molecule has 0 aliphatic carbocycles. The summed E-state index contributed by atoms with van der Waals surface area (Å²) in [6, 6.07) is 6.46. The molecule has 0 N–H and O–H groups in total. The van der Waals surface area contributed by atoms with Crippen molar-refractivity contribution in [1.82, 2.24) is 9.21 Å². The zero-order valence-corrected chi connectivity index (χ0v) is 14.5. The van der Waals surface area contributed by atoms with Crippen LogP contribution >= 0.6 is 0 Å². The van der Waals surface area contributed by atoms with Crippen molar-refractivity contribution in [2.75, 3.05) is 32.8 Å². The summed E-state index contributed by atoms with van der Waals surface area (Å²) >= 11 is 0. The maximum absolute atomic E-state index is 12.6. The van der Waals surface area contributed by atoms with Gasteiger partial charge in [-0.05, 0) is 37.6 Å². The maximum Gasteiger partial charge on any atom is 0.243 e. The minimum absolute atomic E-state index is 0.102. The van der Waals surface area contributed by atoms with Gasteiger partial charge < -0.3 is 9.64 Å². The van der Waals surface area contributed by atoms with Crippen LogP contribution in [0.5, 0.6) is 5.75 Å². The number of sulfonamides is 1. The van der Waals surface area contributed by atoms with Gasteiger partial charge in [0.15, 0.2) is 0 Å². The molecular formula is C16H24N2O4S. The average molecular weight is 340 g/mol. The van der Waals surface area contributed by atoms with Crippen molar-refractivity contribution in [3.63, 3.8) is 0 Å². The van der Waals surface area contributed by atoms with E-state index in [1.807, 2.05) is 13.8 Å². The molecule has 1 saturated heterocycles. The van der Waals surface area contributed by atoms with Crippen molar-refractivity contribution in [2.45, 2.75) is 31.6 Å². The van der Waals surface area contributed by atoms with Gasteiger partial charge in [-0.15, -0.1) is 0 Å². The highest BCUT2D eigenvalue weighted by Gasteiger charge is 2.29. The second kappa shape index (κ2) is 7.79. The Hall–Kier alpha value is -1.60. The molecule has 0 aromatic heterocycles. The van der Waals surface area contributed by atoms with E-state index in [-0.39, 0.29) is 10.8 Å². The number of amides is 1. The molecule has 1 aromatic carbocycles. The van der Waals surface area contributed by atoms with Crippen LogP contribution in [-0.2, 0) is 14.8 Å². The molecule has 128 valence electrons. The lowest BCUT2D eigenvalue weighted by molar-refractivity contribution is -0.132. The van der Waals surface area contributed by atoms with Gasteiger partial charge in [-0.25, -0.2) is 8.42 Å². The van der Waals surface area contributed by atoms with Crippen molar-refractivity contribution in [1.29, 1.82) is 0 Å². The number of nitrogens with zero attached hydrogens (tertiary/aromatic N) is 2. The lowest BCUT2D eigenvalue weighted by Crippen LogP contribution is -2.50. The molecular weight excluding hydrogens is 316 g/mol. The van der Waals surface area contributed by atoms with Gasteiger partial charge in [-0.1, -0.05) is 6.92 Å². The van der Waals surface area contributed by atoms with Crippen LogP contribution in [0.4, 0.5) is 0 Å². The third-order valence-electron chi connectivity index (χ3n) is 3.83.